The van der Waals surface area contributed by atoms with E-state index in [9.17, 15) is 9.18 Å². The minimum Gasteiger partial charge on any atom is -0.324 e. The molecule has 1 aliphatic rings. The lowest BCUT2D eigenvalue weighted by Gasteiger charge is -2.31. The Bertz CT molecular complexity index is 590. The molecule has 2 amide bonds. The van der Waals surface area contributed by atoms with Crippen molar-refractivity contribution in [3.05, 3.63) is 42.5 Å². The number of aromatic nitrogens is 3. The van der Waals surface area contributed by atoms with E-state index in [1.165, 1.54) is 12.1 Å². The molecule has 1 fully saturated rings. The van der Waals surface area contributed by atoms with Crippen molar-refractivity contribution in [1.82, 2.24) is 19.9 Å². The summed E-state index contributed by atoms with van der Waals surface area (Å²) in [6.07, 6.45) is 4.97. The summed E-state index contributed by atoms with van der Waals surface area (Å²) in [6, 6.07) is 5.83. The first-order valence-electron chi connectivity index (χ1n) is 6.89. The molecule has 6 nitrogen and oxygen atoms in total. The third kappa shape index (κ3) is 3.18. The number of anilines is 1. The molecule has 21 heavy (non-hydrogen) atoms. The van der Waals surface area contributed by atoms with E-state index < -0.39 is 0 Å². The van der Waals surface area contributed by atoms with Gasteiger partial charge in [-0.2, -0.15) is 15.0 Å². The summed E-state index contributed by atoms with van der Waals surface area (Å²) in [5, 5.41) is 11.0. The fourth-order valence-electron chi connectivity index (χ4n) is 2.45. The Kier molecular flexibility index (Phi) is 3.81. The average Bonchev–Trinajstić information content (AvgIpc) is 3.04. The van der Waals surface area contributed by atoms with Crippen LogP contribution in [0.25, 0.3) is 0 Å². The van der Waals surface area contributed by atoms with Gasteiger partial charge in [0, 0.05) is 18.8 Å². The predicted molar refractivity (Wildman–Crippen MR) is 75.3 cm³/mol. The van der Waals surface area contributed by atoms with Crippen LogP contribution in [-0.2, 0) is 0 Å². The van der Waals surface area contributed by atoms with Gasteiger partial charge in [0.1, 0.15) is 5.82 Å². The van der Waals surface area contributed by atoms with Crippen molar-refractivity contribution in [2.45, 2.75) is 18.9 Å². The maximum atomic E-state index is 12.8. The van der Waals surface area contributed by atoms with E-state index in [1.807, 2.05) is 0 Å². The summed E-state index contributed by atoms with van der Waals surface area (Å²) in [6.45, 7) is 1.30. The number of urea groups is 1. The van der Waals surface area contributed by atoms with Crippen molar-refractivity contribution in [1.29, 1.82) is 0 Å². The number of nitrogens with zero attached hydrogens (tertiary/aromatic N) is 4. The molecule has 0 bridgehead atoms. The Morgan fingerprint density at radius 2 is 1.76 bits per heavy atom. The standard InChI is InChI=1S/C14H16FN5O/c15-11-1-3-12(4-2-11)18-14(21)19-9-5-13(6-10-19)20-16-7-8-17-20/h1-4,7-8,13H,5-6,9-10H2,(H,18,21). The molecule has 0 aliphatic carbocycles. The quantitative estimate of drug-likeness (QED) is 0.922. The normalized spacial score (nSPS) is 16.0. The number of piperidine rings is 1. The van der Waals surface area contributed by atoms with Gasteiger partial charge < -0.3 is 10.2 Å². The molecule has 1 aromatic carbocycles. The highest BCUT2D eigenvalue weighted by atomic mass is 19.1. The lowest BCUT2D eigenvalue weighted by Crippen LogP contribution is -2.41. The molecule has 0 spiro atoms. The fraction of sp³-hybridized carbons (Fsp3) is 0.357. The van der Waals surface area contributed by atoms with Gasteiger partial charge in [-0.15, -0.1) is 0 Å². The van der Waals surface area contributed by atoms with Gasteiger partial charge in [-0.25, -0.2) is 9.18 Å². The van der Waals surface area contributed by atoms with E-state index in [4.69, 9.17) is 0 Å². The molecule has 0 saturated carbocycles. The van der Waals surface area contributed by atoms with E-state index >= 15 is 0 Å². The van der Waals surface area contributed by atoms with E-state index in [0.29, 0.717) is 18.8 Å². The van der Waals surface area contributed by atoms with E-state index in [1.54, 1.807) is 34.2 Å². The maximum absolute atomic E-state index is 12.8. The summed E-state index contributed by atoms with van der Waals surface area (Å²) in [5.41, 5.74) is 0.595. The van der Waals surface area contributed by atoms with Crippen molar-refractivity contribution in [2.24, 2.45) is 0 Å². The minimum atomic E-state index is -0.319. The summed E-state index contributed by atoms with van der Waals surface area (Å²) in [5.74, 6) is -0.319. The van der Waals surface area contributed by atoms with Gasteiger partial charge in [0.15, 0.2) is 0 Å². The second-order valence-corrected chi connectivity index (χ2v) is 5.00. The Hall–Kier alpha value is -2.44. The second-order valence-electron chi connectivity index (χ2n) is 5.00. The first-order valence-corrected chi connectivity index (χ1v) is 6.89. The van der Waals surface area contributed by atoms with Crippen molar-refractivity contribution in [3.8, 4) is 0 Å². The van der Waals surface area contributed by atoms with Crippen LogP contribution in [0.15, 0.2) is 36.7 Å². The zero-order chi connectivity index (χ0) is 14.7. The highest BCUT2D eigenvalue weighted by Gasteiger charge is 2.24. The number of benzene rings is 1. The van der Waals surface area contributed by atoms with Crippen LogP contribution in [0.3, 0.4) is 0 Å². The number of halogens is 1. The highest BCUT2D eigenvalue weighted by Crippen LogP contribution is 2.21. The first-order chi connectivity index (χ1) is 10.2. The van der Waals surface area contributed by atoms with Crippen LogP contribution in [0.5, 0.6) is 0 Å². The van der Waals surface area contributed by atoms with Crippen LogP contribution in [0.1, 0.15) is 18.9 Å². The molecule has 3 rings (SSSR count). The van der Waals surface area contributed by atoms with E-state index in [-0.39, 0.29) is 17.9 Å². The number of rotatable bonds is 2. The lowest BCUT2D eigenvalue weighted by molar-refractivity contribution is 0.175. The van der Waals surface area contributed by atoms with E-state index in [2.05, 4.69) is 15.5 Å². The third-order valence-corrected chi connectivity index (χ3v) is 3.61. The molecule has 1 aromatic heterocycles. The molecule has 7 heteroatoms. The third-order valence-electron chi connectivity index (χ3n) is 3.61. The Balaban J connectivity index is 1.54. The average molecular weight is 289 g/mol. The lowest BCUT2D eigenvalue weighted by atomic mass is 10.1. The summed E-state index contributed by atoms with van der Waals surface area (Å²) >= 11 is 0. The summed E-state index contributed by atoms with van der Waals surface area (Å²) < 4.78 is 12.8. The number of carbonyl (C=O) groups excluding carboxylic acids is 1. The fourth-order valence-corrected chi connectivity index (χ4v) is 2.45. The maximum Gasteiger partial charge on any atom is 0.321 e. The zero-order valence-corrected chi connectivity index (χ0v) is 11.4. The molecule has 110 valence electrons. The van der Waals surface area contributed by atoms with Crippen LogP contribution >= 0.6 is 0 Å². The van der Waals surface area contributed by atoms with Gasteiger partial charge in [-0.05, 0) is 37.1 Å². The molecule has 0 unspecified atom stereocenters. The van der Waals surface area contributed by atoms with Crippen molar-refractivity contribution in [2.75, 3.05) is 18.4 Å². The first kappa shape index (κ1) is 13.5. The van der Waals surface area contributed by atoms with Gasteiger partial charge in [-0.3, -0.25) is 0 Å². The predicted octanol–water partition coefficient (Wildman–Crippen LogP) is 2.29. The van der Waals surface area contributed by atoms with Crippen LogP contribution in [0.2, 0.25) is 0 Å². The molecular formula is C14H16FN5O. The SMILES string of the molecule is O=C(Nc1ccc(F)cc1)N1CCC(n2nccn2)CC1. The number of hydrogen-bond acceptors (Lipinski definition) is 3. The monoisotopic (exact) mass is 289 g/mol. The molecule has 2 heterocycles. The summed E-state index contributed by atoms with van der Waals surface area (Å²) in [7, 11) is 0. The molecule has 0 atom stereocenters. The molecule has 1 aliphatic heterocycles. The Morgan fingerprint density at radius 3 is 2.38 bits per heavy atom. The molecule has 0 radical (unpaired) electrons. The van der Waals surface area contributed by atoms with Gasteiger partial charge in [-0.1, -0.05) is 0 Å². The van der Waals surface area contributed by atoms with Crippen molar-refractivity contribution < 1.29 is 9.18 Å². The highest BCUT2D eigenvalue weighted by molar-refractivity contribution is 5.89. The largest absolute Gasteiger partial charge is 0.324 e. The van der Waals surface area contributed by atoms with Gasteiger partial charge in [0.2, 0.25) is 0 Å². The number of hydrogen-bond donors (Lipinski definition) is 1. The Morgan fingerprint density at radius 1 is 1.14 bits per heavy atom. The topological polar surface area (TPSA) is 63.1 Å². The number of carbonyl (C=O) groups is 1. The number of likely N-dealkylation sites (tertiary alicyclic amines) is 1. The molecular weight excluding hydrogens is 273 g/mol. The van der Waals surface area contributed by atoms with Gasteiger partial charge >= 0.3 is 6.03 Å². The van der Waals surface area contributed by atoms with Crippen LogP contribution in [0.4, 0.5) is 14.9 Å². The van der Waals surface area contributed by atoms with Gasteiger partial charge in [0.05, 0.1) is 18.4 Å². The van der Waals surface area contributed by atoms with Crippen LogP contribution < -0.4 is 5.32 Å². The van der Waals surface area contributed by atoms with Crippen LogP contribution in [0, 0.1) is 5.82 Å². The second kappa shape index (κ2) is 5.90. The molecule has 1 N–H and O–H groups in total. The molecule has 1 saturated heterocycles. The van der Waals surface area contributed by atoms with Crippen molar-refractivity contribution in [3.63, 3.8) is 0 Å². The van der Waals surface area contributed by atoms with Crippen LogP contribution in [-0.4, -0.2) is 39.0 Å². The van der Waals surface area contributed by atoms with Crippen molar-refractivity contribution >= 4 is 11.7 Å². The zero-order valence-electron chi connectivity index (χ0n) is 11.4. The summed E-state index contributed by atoms with van der Waals surface area (Å²) in [4.78, 5) is 15.6. The van der Waals surface area contributed by atoms with Gasteiger partial charge in [0.25, 0.3) is 0 Å². The molecule has 2 aromatic rings. The number of nitrogens with one attached hydrogen (secondary N) is 1. The number of amides is 2. The smallest absolute Gasteiger partial charge is 0.321 e. The minimum absolute atomic E-state index is 0.159. The van der Waals surface area contributed by atoms with E-state index in [0.717, 1.165) is 12.8 Å². The Labute approximate surface area is 121 Å².